The van der Waals surface area contributed by atoms with Crippen molar-refractivity contribution < 1.29 is 19.0 Å². The minimum absolute atomic E-state index is 0.00254. The minimum Gasteiger partial charge on any atom is -0.505 e. The Hall–Kier alpha value is -4.57. The van der Waals surface area contributed by atoms with Crippen molar-refractivity contribution in [3.8, 4) is 56.3 Å². The van der Waals surface area contributed by atoms with Crippen LogP contribution < -0.4 is 4.74 Å². The zero-order valence-electron chi connectivity index (χ0n) is 18.0. The minimum atomic E-state index is -0.802. The summed E-state index contributed by atoms with van der Waals surface area (Å²) in [4.78, 5) is 8.89. The van der Waals surface area contributed by atoms with Crippen LogP contribution in [0.25, 0.3) is 44.8 Å². The average molecular weight is 458 g/mol. The maximum Gasteiger partial charge on any atom is 0.188 e. The third kappa shape index (κ3) is 3.97. The molecule has 0 radical (unpaired) electrons. The number of nitrogens with zero attached hydrogens (tertiary/aromatic N) is 4. The highest BCUT2D eigenvalue weighted by Gasteiger charge is 2.21. The van der Waals surface area contributed by atoms with Crippen LogP contribution in [-0.2, 0) is 4.74 Å². The molecule has 2 aromatic carbocycles. The standard InChI is InChI=1S/C24H19FN6O3/c1-33-13-34-21-8-14(16-9-28-29-10-16)2-3-18(21)23-24(27-5-4-26-23)19-6-15(7-20(32)22(19)25)17-11-30-31-12-17/h2-12,32H,13H2,1H3,(H,28,29)(H,30,31). The molecular formula is C24H19FN6O3. The van der Waals surface area contributed by atoms with Gasteiger partial charge in [0.25, 0.3) is 0 Å². The molecule has 9 nitrogen and oxygen atoms in total. The summed E-state index contributed by atoms with van der Waals surface area (Å²) in [7, 11) is 1.52. The fraction of sp³-hybridized carbons (Fsp3) is 0.0833. The second-order valence-corrected chi connectivity index (χ2v) is 7.35. The first-order valence-corrected chi connectivity index (χ1v) is 10.2. The number of aromatic amines is 2. The molecule has 0 unspecified atom stereocenters. The lowest BCUT2D eigenvalue weighted by molar-refractivity contribution is 0.0515. The summed E-state index contributed by atoms with van der Waals surface area (Å²) in [6.07, 6.45) is 9.68. The van der Waals surface area contributed by atoms with E-state index < -0.39 is 11.6 Å². The molecule has 10 heteroatoms. The van der Waals surface area contributed by atoms with Crippen molar-refractivity contribution >= 4 is 0 Å². The van der Waals surface area contributed by atoms with Crippen LogP contribution in [0.2, 0.25) is 0 Å². The molecule has 0 aliphatic carbocycles. The van der Waals surface area contributed by atoms with Crippen LogP contribution in [0, 0.1) is 5.82 Å². The molecule has 0 atom stereocenters. The maximum atomic E-state index is 15.2. The molecule has 0 bridgehead atoms. The lowest BCUT2D eigenvalue weighted by Crippen LogP contribution is -2.02. The number of ether oxygens (including phenoxy) is 2. The van der Waals surface area contributed by atoms with Crippen LogP contribution in [0.4, 0.5) is 4.39 Å². The van der Waals surface area contributed by atoms with Crippen molar-refractivity contribution in [2.45, 2.75) is 0 Å². The zero-order chi connectivity index (χ0) is 23.5. The second kappa shape index (κ2) is 9.12. The lowest BCUT2D eigenvalue weighted by atomic mass is 9.97. The Balaban J connectivity index is 1.67. The molecule has 0 fully saturated rings. The van der Waals surface area contributed by atoms with Gasteiger partial charge in [-0.2, -0.15) is 10.2 Å². The molecule has 5 aromatic rings. The van der Waals surface area contributed by atoms with Crippen LogP contribution in [0.15, 0.2) is 67.5 Å². The van der Waals surface area contributed by atoms with Gasteiger partial charge >= 0.3 is 0 Å². The number of aromatic nitrogens is 6. The van der Waals surface area contributed by atoms with Gasteiger partial charge in [0.15, 0.2) is 18.4 Å². The number of phenols is 1. The third-order valence-corrected chi connectivity index (χ3v) is 5.24. The molecule has 0 aliphatic rings. The predicted molar refractivity (Wildman–Crippen MR) is 122 cm³/mol. The predicted octanol–water partition coefficient (Wildman–Crippen LogP) is 4.42. The molecule has 170 valence electrons. The molecule has 0 saturated heterocycles. The van der Waals surface area contributed by atoms with Crippen LogP contribution in [0.5, 0.6) is 11.5 Å². The molecule has 34 heavy (non-hydrogen) atoms. The van der Waals surface area contributed by atoms with E-state index in [-0.39, 0.29) is 18.1 Å². The monoisotopic (exact) mass is 458 g/mol. The maximum absolute atomic E-state index is 15.2. The van der Waals surface area contributed by atoms with Crippen LogP contribution >= 0.6 is 0 Å². The van der Waals surface area contributed by atoms with E-state index in [2.05, 4.69) is 30.4 Å². The Morgan fingerprint density at radius 2 is 1.53 bits per heavy atom. The fourth-order valence-electron chi connectivity index (χ4n) is 3.64. The number of hydrogen-bond acceptors (Lipinski definition) is 7. The Morgan fingerprint density at radius 3 is 2.18 bits per heavy atom. The van der Waals surface area contributed by atoms with E-state index in [1.165, 1.54) is 25.6 Å². The van der Waals surface area contributed by atoms with E-state index >= 15 is 4.39 Å². The van der Waals surface area contributed by atoms with Gasteiger partial charge in [0.1, 0.15) is 11.4 Å². The molecule has 3 aromatic heterocycles. The van der Waals surface area contributed by atoms with Crippen molar-refractivity contribution in [2.24, 2.45) is 0 Å². The van der Waals surface area contributed by atoms with Gasteiger partial charge in [-0.1, -0.05) is 6.07 Å². The van der Waals surface area contributed by atoms with Crippen molar-refractivity contribution in [3.05, 3.63) is 73.3 Å². The van der Waals surface area contributed by atoms with Crippen molar-refractivity contribution in [1.82, 2.24) is 30.4 Å². The van der Waals surface area contributed by atoms with Gasteiger partial charge in [-0.05, 0) is 35.4 Å². The summed E-state index contributed by atoms with van der Waals surface area (Å²) >= 11 is 0. The highest BCUT2D eigenvalue weighted by Crippen LogP contribution is 2.40. The molecule has 3 heterocycles. The number of hydrogen-bond donors (Lipinski definition) is 3. The summed E-state index contributed by atoms with van der Waals surface area (Å²) < 4.78 is 26.1. The van der Waals surface area contributed by atoms with E-state index in [0.717, 1.165) is 11.1 Å². The quantitative estimate of drug-likeness (QED) is 0.309. The topological polar surface area (TPSA) is 122 Å². The van der Waals surface area contributed by atoms with Gasteiger partial charge in [-0.3, -0.25) is 20.2 Å². The molecule has 0 saturated carbocycles. The molecular weight excluding hydrogens is 439 g/mol. The van der Waals surface area contributed by atoms with Crippen LogP contribution in [0.1, 0.15) is 0 Å². The number of nitrogens with one attached hydrogen (secondary N) is 2. The molecule has 0 aliphatic heterocycles. The van der Waals surface area contributed by atoms with Gasteiger partial charge in [-0.25, -0.2) is 4.39 Å². The zero-order valence-corrected chi connectivity index (χ0v) is 18.0. The molecule has 3 N–H and O–H groups in total. The third-order valence-electron chi connectivity index (χ3n) is 5.24. The van der Waals surface area contributed by atoms with Crippen molar-refractivity contribution in [3.63, 3.8) is 0 Å². The molecule has 5 rings (SSSR count). The number of halogens is 1. The summed E-state index contributed by atoms with van der Waals surface area (Å²) in [5.74, 6) is -0.835. The normalized spacial score (nSPS) is 11.0. The summed E-state index contributed by atoms with van der Waals surface area (Å²) in [6.45, 7) is 0.00254. The number of H-pyrrole nitrogens is 2. The van der Waals surface area contributed by atoms with Crippen LogP contribution in [0.3, 0.4) is 0 Å². The Morgan fingerprint density at radius 1 is 0.853 bits per heavy atom. The first-order chi connectivity index (χ1) is 16.7. The summed E-state index contributed by atoms with van der Waals surface area (Å²) in [5.41, 5.74) is 4.31. The smallest absolute Gasteiger partial charge is 0.188 e. The number of benzene rings is 2. The highest BCUT2D eigenvalue weighted by atomic mass is 19.1. The Kier molecular flexibility index (Phi) is 5.71. The lowest BCUT2D eigenvalue weighted by Gasteiger charge is -2.15. The summed E-state index contributed by atoms with van der Waals surface area (Å²) in [5, 5.41) is 23.7. The van der Waals surface area contributed by atoms with E-state index in [4.69, 9.17) is 9.47 Å². The first-order valence-electron chi connectivity index (χ1n) is 10.2. The number of aromatic hydroxyl groups is 1. The van der Waals surface area contributed by atoms with Crippen molar-refractivity contribution in [2.75, 3.05) is 13.9 Å². The molecule has 0 amide bonds. The van der Waals surface area contributed by atoms with E-state index in [9.17, 15) is 5.11 Å². The van der Waals surface area contributed by atoms with E-state index in [0.29, 0.717) is 28.1 Å². The average Bonchev–Trinajstić information content (AvgIpc) is 3.59. The van der Waals surface area contributed by atoms with Gasteiger partial charge in [0.05, 0.1) is 18.1 Å². The van der Waals surface area contributed by atoms with Gasteiger partial charge < -0.3 is 14.6 Å². The summed E-state index contributed by atoms with van der Waals surface area (Å²) in [6, 6.07) is 8.47. The Bertz CT molecular complexity index is 1420. The number of methoxy groups -OCH3 is 1. The second-order valence-electron chi connectivity index (χ2n) is 7.35. The Labute approximate surface area is 193 Å². The number of rotatable bonds is 7. The fourth-order valence-corrected chi connectivity index (χ4v) is 3.64. The van der Waals surface area contributed by atoms with Crippen molar-refractivity contribution in [1.29, 1.82) is 0 Å². The van der Waals surface area contributed by atoms with Gasteiger partial charge in [-0.15, -0.1) is 0 Å². The van der Waals surface area contributed by atoms with E-state index in [1.54, 1.807) is 30.9 Å². The highest BCUT2D eigenvalue weighted by molar-refractivity contribution is 5.85. The first kappa shape index (κ1) is 21.3. The SMILES string of the molecule is COCOc1cc(-c2cn[nH]c2)ccc1-c1nccnc1-c1cc(-c2cn[nH]c2)cc(O)c1F. The van der Waals surface area contributed by atoms with Gasteiger partial charge in [0.2, 0.25) is 0 Å². The largest absolute Gasteiger partial charge is 0.505 e. The number of phenolic OH excluding ortho intramolecular Hbond substituents is 1. The van der Waals surface area contributed by atoms with Crippen LogP contribution in [-0.4, -0.2) is 49.4 Å². The molecule has 0 spiro atoms. The van der Waals surface area contributed by atoms with E-state index in [1.807, 2.05) is 18.2 Å². The van der Waals surface area contributed by atoms with Gasteiger partial charge in [0, 0.05) is 54.2 Å².